The zero-order valence-electron chi connectivity index (χ0n) is 22.7. The van der Waals surface area contributed by atoms with E-state index in [0.717, 1.165) is 0 Å². The van der Waals surface area contributed by atoms with Crippen molar-refractivity contribution < 1.29 is 24.0 Å². The fourth-order valence-corrected chi connectivity index (χ4v) is 4.86. The molecule has 4 atom stereocenters. The van der Waals surface area contributed by atoms with Crippen molar-refractivity contribution in [2.75, 3.05) is 11.4 Å². The van der Waals surface area contributed by atoms with E-state index in [9.17, 15) is 14.4 Å². The maximum Gasteiger partial charge on any atom is 0.404 e. The van der Waals surface area contributed by atoms with E-state index in [4.69, 9.17) is 56.0 Å². The molecule has 2 unspecified atom stereocenters. The van der Waals surface area contributed by atoms with E-state index in [1.807, 2.05) is 6.92 Å². The zero-order valence-corrected chi connectivity index (χ0v) is 25.7. The summed E-state index contributed by atoms with van der Waals surface area (Å²) in [5.41, 5.74) is 2.13. The number of alkyl halides is 2. The van der Waals surface area contributed by atoms with Crippen LogP contribution in [0.15, 0.2) is 53.1 Å². The van der Waals surface area contributed by atoms with E-state index in [-0.39, 0.29) is 24.4 Å². The third-order valence-corrected chi connectivity index (χ3v) is 7.84. The molecular weight excluding hydrogens is 614 g/mol. The molecule has 9 nitrogen and oxygen atoms in total. The van der Waals surface area contributed by atoms with E-state index in [1.54, 1.807) is 69.3 Å². The van der Waals surface area contributed by atoms with E-state index in [2.05, 4.69) is 15.8 Å². The third kappa shape index (κ3) is 8.29. The lowest BCUT2D eigenvalue weighted by molar-refractivity contribution is -0.126. The fourth-order valence-electron chi connectivity index (χ4n) is 4.03. The Morgan fingerprint density at radius 2 is 1.59 bits per heavy atom. The molecule has 3 rings (SSSR count). The number of hydrogen-bond donors (Lipinski definition) is 3. The van der Waals surface area contributed by atoms with Crippen LogP contribution in [0.2, 0.25) is 10.0 Å². The van der Waals surface area contributed by atoms with E-state index in [1.165, 1.54) is 4.90 Å². The number of benzene rings is 2. The van der Waals surface area contributed by atoms with E-state index in [0.29, 0.717) is 38.3 Å². The van der Waals surface area contributed by atoms with Crippen LogP contribution >= 0.6 is 46.4 Å². The summed E-state index contributed by atoms with van der Waals surface area (Å²) >= 11 is 24.6. The predicted molar refractivity (Wildman–Crippen MR) is 162 cm³/mol. The summed E-state index contributed by atoms with van der Waals surface area (Å²) in [6.45, 7) is 7.09. The lowest BCUT2D eigenvalue weighted by Gasteiger charge is -2.31. The van der Waals surface area contributed by atoms with Crippen molar-refractivity contribution in [3.05, 3.63) is 58.6 Å². The summed E-state index contributed by atoms with van der Waals surface area (Å²) in [7, 11) is 0. The fraction of sp³-hybridized carbons (Fsp3) is 0.357. The van der Waals surface area contributed by atoms with Crippen molar-refractivity contribution >= 4 is 70.0 Å². The summed E-state index contributed by atoms with van der Waals surface area (Å²) in [6, 6.07) is 12.9. The van der Waals surface area contributed by atoms with E-state index < -0.39 is 28.8 Å². The summed E-state index contributed by atoms with van der Waals surface area (Å²) < 4.78 is 5.57. The van der Waals surface area contributed by atoms with Gasteiger partial charge in [-0.1, -0.05) is 83.6 Å². The highest BCUT2D eigenvalue weighted by Crippen LogP contribution is 2.36. The standard InChI is InChI=1S/C28H30Cl4N4O5/c1-14(16(3)33-26(37)15(2)17(4)34-28(39)40)13-36(27(38)25(31)32)19-8-5-7-18(11-19)23-12-22(35-41-23)24-20(29)9-6-10-21(24)30/h5-12,14-17,25,34H,13H2,1-4H3,(H,33,37)(H,39,40)/t14-,15+,16?,17?/m1/s1. The molecule has 0 saturated carbocycles. The largest absolute Gasteiger partial charge is 0.465 e. The number of anilines is 1. The van der Waals surface area contributed by atoms with Crippen molar-refractivity contribution in [2.24, 2.45) is 11.8 Å². The minimum atomic E-state index is -1.32. The number of carboxylic acid groups (broad SMARTS) is 1. The maximum atomic E-state index is 13.1. The first-order valence-corrected chi connectivity index (χ1v) is 14.3. The van der Waals surface area contributed by atoms with E-state index >= 15 is 0 Å². The van der Waals surface area contributed by atoms with Crippen molar-refractivity contribution in [1.82, 2.24) is 15.8 Å². The van der Waals surface area contributed by atoms with Crippen LogP contribution < -0.4 is 15.5 Å². The second-order valence-electron chi connectivity index (χ2n) is 9.77. The predicted octanol–water partition coefficient (Wildman–Crippen LogP) is 6.89. The molecule has 3 N–H and O–H groups in total. The first-order valence-electron chi connectivity index (χ1n) is 12.7. The number of nitrogens with one attached hydrogen (secondary N) is 2. The quantitative estimate of drug-likeness (QED) is 0.196. The smallest absolute Gasteiger partial charge is 0.404 e. The highest BCUT2D eigenvalue weighted by Gasteiger charge is 2.29. The Labute approximate surface area is 258 Å². The Balaban J connectivity index is 1.82. The lowest BCUT2D eigenvalue weighted by Crippen LogP contribution is -2.49. The molecule has 3 aromatic rings. The minimum absolute atomic E-state index is 0.174. The number of aromatic nitrogens is 1. The number of amides is 3. The third-order valence-electron chi connectivity index (χ3n) is 6.83. The van der Waals surface area contributed by atoms with Gasteiger partial charge in [0, 0.05) is 41.5 Å². The topological polar surface area (TPSA) is 125 Å². The van der Waals surface area contributed by atoms with Crippen LogP contribution in [-0.4, -0.2) is 51.6 Å². The molecule has 41 heavy (non-hydrogen) atoms. The molecule has 13 heteroatoms. The van der Waals surface area contributed by atoms with Gasteiger partial charge in [0.15, 0.2) is 10.6 Å². The molecule has 0 saturated heterocycles. The molecule has 0 aliphatic rings. The summed E-state index contributed by atoms with van der Waals surface area (Å²) in [6.07, 6.45) is -1.21. The minimum Gasteiger partial charge on any atom is -0.465 e. The molecule has 0 bridgehead atoms. The van der Waals surface area contributed by atoms with Gasteiger partial charge >= 0.3 is 6.09 Å². The van der Waals surface area contributed by atoms with Crippen LogP contribution in [0.25, 0.3) is 22.6 Å². The molecule has 2 aromatic carbocycles. The summed E-state index contributed by atoms with van der Waals surface area (Å²) in [5, 5.41) is 19.1. The molecule has 1 aromatic heterocycles. The average Bonchev–Trinajstić information content (AvgIpc) is 3.40. The number of nitrogens with zero attached hydrogens (tertiary/aromatic N) is 2. The van der Waals surface area contributed by atoms with Gasteiger partial charge in [-0.25, -0.2) is 4.79 Å². The second-order valence-corrected chi connectivity index (χ2v) is 11.7. The van der Waals surface area contributed by atoms with Crippen LogP contribution in [0.3, 0.4) is 0 Å². The highest BCUT2D eigenvalue weighted by molar-refractivity contribution is 6.54. The van der Waals surface area contributed by atoms with Crippen molar-refractivity contribution in [3.63, 3.8) is 0 Å². The first-order chi connectivity index (χ1) is 19.3. The van der Waals surface area contributed by atoms with Gasteiger partial charge in [0.25, 0.3) is 5.91 Å². The van der Waals surface area contributed by atoms with Crippen molar-refractivity contribution in [2.45, 2.75) is 44.6 Å². The molecule has 0 spiro atoms. The number of halogens is 4. The SMILES string of the molecule is CC(NC(=O)[C@@H](C)C(C)NC(=O)O)[C@H](C)CN(C(=O)C(Cl)Cl)c1cccc(-c2cc(-c3c(Cl)cccc3Cl)no2)c1. The number of carbonyl (C=O) groups is 3. The first kappa shape index (κ1) is 32.5. The Hall–Kier alpha value is -2.98. The van der Waals surface area contributed by atoms with Gasteiger partial charge in [-0.2, -0.15) is 0 Å². The van der Waals surface area contributed by atoms with Gasteiger partial charge in [-0.15, -0.1) is 0 Å². The van der Waals surface area contributed by atoms with Gasteiger partial charge in [0.2, 0.25) is 5.91 Å². The Morgan fingerprint density at radius 1 is 0.951 bits per heavy atom. The van der Waals surface area contributed by atoms with Crippen LogP contribution in [0, 0.1) is 11.8 Å². The van der Waals surface area contributed by atoms with Crippen LogP contribution in [0.4, 0.5) is 10.5 Å². The molecule has 3 amide bonds. The van der Waals surface area contributed by atoms with Gasteiger partial charge in [-0.3, -0.25) is 9.59 Å². The molecular formula is C28H30Cl4N4O5. The molecule has 220 valence electrons. The number of hydrogen-bond acceptors (Lipinski definition) is 5. The van der Waals surface area contributed by atoms with Gasteiger partial charge < -0.3 is 25.2 Å². The monoisotopic (exact) mass is 642 g/mol. The zero-order chi connectivity index (χ0) is 30.4. The van der Waals surface area contributed by atoms with Gasteiger partial charge in [0.1, 0.15) is 5.69 Å². The summed E-state index contributed by atoms with van der Waals surface area (Å²) in [5.74, 6) is -1.29. The molecule has 0 radical (unpaired) electrons. The Morgan fingerprint density at radius 3 is 2.20 bits per heavy atom. The van der Waals surface area contributed by atoms with Crippen molar-refractivity contribution in [1.29, 1.82) is 0 Å². The summed E-state index contributed by atoms with van der Waals surface area (Å²) in [4.78, 5) is 36.9. The maximum absolute atomic E-state index is 13.1. The van der Waals surface area contributed by atoms with Crippen molar-refractivity contribution in [3.8, 4) is 22.6 Å². The van der Waals surface area contributed by atoms with Crippen LogP contribution in [-0.2, 0) is 9.59 Å². The molecule has 0 fully saturated rings. The lowest BCUT2D eigenvalue weighted by atomic mass is 9.98. The molecule has 0 aliphatic carbocycles. The van der Waals surface area contributed by atoms with Crippen LogP contribution in [0.1, 0.15) is 27.7 Å². The molecule has 0 aliphatic heterocycles. The van der Waals surface area contributed by atoms with Gasteiger partial charge in [-0.05, 0) is 44.0 Å². The highest BCUT2D eigenvalue weighted by atomic mass is 35.5. The molecule has 1 heterocycles. The second kappa shape index (κ2) is 14.3. The number of carbonyl (C=O) groups excluding carboxylic acids is 2. The Bertz CT molecular complexity index is 1380. The number of rotatable bonds is 11. The average molecular weight is 644 g/mol. The van der Waals surface area contributed by atoms with Gasteiger partial charge in [0.05, 0.1) is 16.0 Å². The normalized spacial score (nSPS) is 14.2. The Kier molecular flexibility index (Phi) is 11.3. The van der Waals surface area contributed by atoms with Crippen LogP contribution in [0.5, 0.6) is 0 Å².